The van der Waals surface area contributed by atoms with E-state index in [1.807, 2.05) is 0 Å². The molecule has 0 unspecified atom stereocenters. The zero-order valence-electron chi connectivity index (χ0n) is 9.19. The van der Waals surface area contributed by atoms with Gasteiger partial charge in [-0.1, -0.05) is 11.6 Å². The van der Waals surface area contributed by atoms with Gasteiger partial charge in [0.05, 0.1) is 0 Å². The summed E-state index contributed by atoms with van der Waals surface area (Å²) in [7, 11) is 0. The number of hydrogen-bond acceptors (Lipinski definition) is 1. The monoisotopic (exact) mass is 285 g/mol. The van der Waals surface area contributed by atoms with E-state index in [2.05, 4.69) is 0 Å². The first kappa shape index (κ1) is 14.5. The average molecular weight is 286 g/mol. The highest BCUT2D eigenvalue weighted by Gasteiger charge is 2.30. The normalized spacial score (nSPS) is 11.6. The predicted molar refractivity (Wildman–Crippen MR) is 65.0 cm³/mol. The van der Waals surface area contributed by atoms with E-state index in [-0.39, 0.29) is 12.4 Å². The summed E-state index contributed by atoms with van der Waals surface area (Å²) in [6, 6.07) is 4.71. The van der Waals surface area contributed by atoms with Crippen LogP contribution in [0.2, 0.25) is 5.02 Å². The van der Waals surface area contributed by atoms with Crippen LogP contribution in [0.3, 0.4) is 0 Å². The van der Waals surface area contributed by atoms with Gasteiger partial charge in [-0.3, -0.25) is 0 Å². The van der Waals surface area contributed by atoms with Crippen LogP contribution in [0.25, 0.3) is 0 Å². The molecular formula is C11H12Cl2F3N. The molecule has 17 heavy (non-hydrogen) atoms. The first-order chi connectivity index (χ1) is 7.87. The van der Waals surface area contributed by atoms with Crippen LogP contribution >= 0.6 is 23.2 Å². The van der Waals surface area contributed by atoms with Crippen LogP contribution in [0.5, 0.6) is 0 Å². The van der Waals surface area contributed by atoms with Crippen LogP contribution in [0.15, 0.2) is 18.2 Å². The molecule has 96 valence electrons. The summed E-state index contributed by atoms with van der Waals surface area (Å²) < 4.78 is 37.2. The van der Waals surface area contributed by atoms with E-state index in [1.54, 1.807) is 25.1 Å². The van der Waals surface area contributed by atoms with E-state index in [1.165, 1.54) is 4.90 Å². The zero-order chi connectivity index (χ0) is 13.1. The molecule has 0 aliphatic heterocycles. The van der Waals surface area contributed by atoms with Crippen molar-refractivity contribution in [3.63, 3.8) is 0 Å². The highest BCUT2D eigenvalue weighted by Crippen LogP contribution is 2.28. The summed E-state index contributed by atoms with van der Waals surface area (Å²) in [6.07, 6.45) is -4.24. The summed E-state index contributed by atoms with van der Waals surface area (Å²) in [6.45, 7) is 0.929. The largest absolute Gasteiger partial charge is 0.405 e. The van der Waals surface area contributed by atoms with Gasteiger partial charge in [-0.25, -0.2) is 0 Å². The van der Waals surface area contributed by atoms with Crippen molar-refractivity contribution >= 4 is 28.9 Å². The molecule has 0 heterocycles. The summed E-state index contributed by atoms with van der Waals surface area (Å²) in [4.78, 5) is 1.23. The highest BCUT2D eigenvalue weighted by atomic mass is 35.5. The molecule has 0 aromatic heterocycles. The van der Waals surface area contributed by atoms with Crippen molar-refractivity contribution in [1.29, 1.82) is 0 Å². The molecule has 0 saturated carbocycles. The molecule has 1 aromatic carbocycles. The van der Waals surface area contributed by atoms with Crippen molar-refractivity contribution in [3.8, 4) is 0 Å². The van der Waals surface area contributed by atoms with Crippen LogP contribution in [0, 0.1) is 0 Å². The van der Waals surface area contributed by atoms with E-state index in [0.29, 0.717) is 16.3 Å². The van der Waals surface area contributed by atoms with E-state index >= 15 is 0 Å². The van der Waals surface area contributed by atoms with E-state index in [4.69, 9.17) is 23.2 Å². The predicted octanol–water partition coefficient (Wildman–Crippen LogP) is 4.47. The molecule has 6 heteroatoms. The van der Waals surface area contributed by atoms with Gasteiger partial charge >= 0.3 is 6.18 Å². The maximum atomic E-state index is 12.4. The SMILES string of the molecule is CCN(CC(F)(F)F)c1ccc(Cl)cc1CCl. The Labute approximate surface area is 108 Å². The van der Waals surface area contributed by atoms with Crippen molar-refractivity contribution < 1.29 is 13.2 Å². The second kappa shape index (κ2) is 5.83. The Morgan fingerprint density at radius 1 is 1.29 bits per heavy atom. The number of halogens is 5. The van der Waals surface area contributed by atoms with Crippen molar-refractivity contribution in [2.24, 2.45) is 0 Å². The number of anilines is 1. The summed E-state index contributed by atoms with van der Waals surface area (Å²) in [5, 5.41) is 0.465. The van der Waals surface area contributed by atoms with Gasteiger partial charge < -0.3 is 4.90 Å². The van der Waals surface area contributed by atoms with Gasteiger partial charge in [-0.2, -0.15) is 13.2 Å². The van der Waals surface area contributed by atoms with E-state index in [0.717, 1.165) is 0 Å². The second-order valence-corrected chi connectivity index (χ2v) is 4.24. The van der Waals surface area contributed by atoms with Gasteiger partial charge in [-0.15, -0.1) is 11.6 Å². The number of alkyl halides is 4. The van der Waals surface area contributed by atoms with E-state index < -0.39 is 12.7 Å². The van der Waals surface area contributed by atoms with E-state index in [9.17, 15) is 13.2 Å². The molecule has 0 atom stereocenters. The Morgan fingerprint density at radius 3 is 2.41 bits per heavy atom. The number of nitrogens with zero attached hydrogens (tertiary/aromatic N) is 1. The Morgan fingerprint density at radius 2 is 1.94 bits per heavy atom. The molecule has 1 aromatic rings. The Bertz CT molecular complexity index is 379. The fraction of sp³-hybridized carbons (Fsp3) is 0.455. The number of hydrogen-bond donors (Lipinski definition) is 0. The second-order valence-electron chi connectivity index (χ2n) is 3.54. The highest BCUT2D eigenvalue weighted by molar-refractivity contribution is 6.30. The molecule has 0 N–H and O–H groups in total. The lowest BCUT2D eigenvalue weighted by atomic mass is 10.2. The van der Waals surface area contributed by atoms with Gasteiger partial charge in [-0.05, 0) is 30.7 Å². The first-order valence-electron chi connectivity index (χ1n) is 5.03. The standard InChI is InChI=1S/C11H12Cl2F3N/c1-2-17(7-11(14,15)16)10-4-3-9(13)5-8(10)6-12/h3-5H,2,6-7H2,1H3. The quantitative estimate of drug-likeness (QED) is 0.738. The molecule has 0 radical (unpaired) electrons. The van der Waals surface area contributed by atoms with Gasteiger partial charge in [0, 0.05) is 23.1 Å². The first-order valence-corrected chi connectivity index (χ1v) is 5.94. The minimum atomic E-state index is -4.24. The number of rotatable bonds is 4. The summed E-state index contributed by atoms with van der Waals surface area (Å²) >= 11 is 11.5. The molecule has 1 nitrogen and oxygen atoms in total. The molecule has 0 aliphatic carbocycles. The Balaban J connectivity index is 3.03. The third-order valence-electron chi connectivity index (χ3n) is 2.28. The van der Waals surface area contributed by atoms with Crippen molar-refractivity contribution in [2.75, 3.05) is 18.0 Å². The topological polar surface area (TPSA) is 3.24 Å². The van der Waals surface area contributed by atoms with Crippen LogP contribution in [0.1, 0.15) is 12.5 Å². The third-order valence-corrected chi connectivity index (χ3v) is 2.80. The van der Waals surface area contributed by atoms with Crippen LogP contribution < -0.4 is 4.90 Å². The van der Waals surface area contributed by atoms with Crippen molar-refractivity contribution in [2.45, 2.75) is 19.0 Å². The lowest BCUT2D eigenvalue weighted by Crippen LogP contribution is -2.34. The molecule has 0 amide bonds. The molecular weight excluding hydrogens is 274 g/mol. The van der Waals surface area contributed by atoms with Gasteiger partial charge in [0.25, 0.3) is 0 Å². The van der Waals surface area contributed by atoms with Crippen LogP contribution in [-0.4, -0.2) is 19.3 Å². The Hall–Kier alpha value is -0.610. The maximum Gasteiger partial charge on any atom is 0.405 e. The van der Waals surface area contributed by atoms with Crippen LogP contribution in [0.4, 0.5) is 18.9 Å². The van der Waals surface area contributed by atoms with Crippen molar-refractivity contribution in [3.05, 3.63) is 28.8 Å². The molecule has 1 rings (SSSR count). The number of benzene rings is 1. The fourth-order valence-electron chi connectivity index (χ4n) is 1.55. The van der Waals surface area contributed by atoms with Gasteiger partial charge in [0.15, 0.2) is 0 Å². The van der Waals surface area contributed by atoms with Crippen LogP contribution in [-0.2, 0) is 5.88 Å². The van der Waals surface area contributed by atoms with Gasteiger partial charge in [0.1, 0.15) is 6.54 Å². The minimum Gasteiger partial charge on any atom is -0.363 e. The molecule has 0 bridgehead atoms. The molecule has 0 fully saturated rings. The Kier molecular flexibility index (Phi) is 4.95. The fourth-order valence-corrected chi connectivity index (χ4v) is 1.96. The zero-order valence-corrected chi connectivity index (χ0v) is 10.7. The third kappa shape index (κ3) is 4.28. The lowest BCUT2D eigenvalue weighted by molar-refractivity contribution is -0.119. The molecule has 0 aliphatic rings. The van der Waals surface area contributed by atoms with Gasteiger partial charge in [0.2, 0.25) is 0 Å². The average Bonchev–Trinajstić information content (AvgIpc) is 2.24. The lowest BCUT2D eigenvalue weighted by Gasteiger charge is -2.26. The molecule has 0 saturated heterocycles. The van der Waals surface area contributed by atoms with Crippen molar-refractivity contribution in [1.82, 2.24) is 0 Å². The molecule has 0 spiro atoms. The minimum absolute atomic E-state index is 0.129. The maximum absolute atomic E-state index is 12.4. The summed E-state index contributed by atoms with van der Waals surface area (Å²) in [5.41, 5.74) is 1.08. The summed E-state index contributed by atoms with van der Waals surface area (Å²) in [5.74, 6) is 0.129. The smallest absolute Gasteiger partial charge is 0.363 e.